The predicted octanol–water partition coefficient (Wildman–Crippen LogP) is 4.18. The molecule has 0 bridgehead atoms. The number of amides is 1. The molecule has 0 saturated heterocycles. The van der Waals surface area contributed by atoms with Crippen LogP contribution in [0, 0.1) is 3.57 Å². The van der Waals surface area contributed by atoms with E-state index >= 15 is 0 Å². The molecular weight excluding hydrogens is 451 g/mol. The SMILES string of the molecule is O=C(NC(=S)Nc1ccc(I)cc1)c1cccc(Br)c1. The third-order valence-corrected chi connectivity index (χ3v) is 3.83. The summed E-state index contributed by atoms with van der Waals surface area (Å²) >= 11 is 10.7. The van der Waals surface area contributed by atoms with Crippen molar-refractivity contribution in [3.63, 3.8) is 0 Å². The Morgan fingerprint density at radius 1 is 1.15 bits per heavy atom. The van der Waals surface area contributed by atoms with Crippen molar-refractivity contribution in [3.8, 4) is 0 Å². The first-order valence-electron chi connectivity index (χ1n) is 5.68. The Hall–Kier alpha value is -0.990. The smallest absolute Gasteiger partial charge is 0.257 e. The van der Waals surface area contributed by atoms with E-state index in [0.29, 0.717) is 5.56 Å². The monoisotopic (exact) mass is 460 g/mol. The summed E-state index contributed by atoms with van der Waals surface area (Å²) in [7, 11) is 0. The molecule has 102 valence electrons. The highest BCUT2D eigenvalue weighted by Crippen LogP contribution is 2.12. The van der Waals surface area contributed by atoms with Crippen molar-refractivity contribution in [2.75, 3.05) is 5.32 Å². The van der Waals surface area contributed by atoms with Gasteiger partial charge in [0.2, 0.25) is 0 Å². The zero-order valence-corrected chi connectivity index (χ0v) is 14.8. The number of thiocarbonyl (C=S) groups is 1. The average Bonchev–Trinajstić information content (AvgIpc) is 2.41. The lowest BCUT2D eigenvalue weighted by Gasteiger charge is -2.09. The fourth-order valence-electron chi connectivity index (χ4n) is 1.50. The fourth-order valence-corrected chi connectivity index (χ4v) is 2.47. The standard InChI is InChI=1S/C14H10BrIN2OS/c15-10-3-1-2-9(8-10)13(19)18-14(20)17-12-6-4-11(16)5-7-12/h1-8H,(H2,17,18,19,20). The van der Waals surface area contributed by atoms with Crippen LogP contribution in [0.1, 0.15) is 10.4 Å². The second kappa shape index (κ2) is 7.14. The molecule has 0 aliphatic rings. The van der Waals surface area contributed by atoms with Gasteiger partial charge in [0, 0.05) is 19.3 Å². The van der Waals surface area contributed by atoms with Crippen LogP contribution >= 0.6 is 50.7 Å². The zero-order valence-electron chi connectivity index (χ0n) is 10.2. The van der Waals surface area contributed by atoms with Gasteiger partial charge in [-0.1, -0.05) is 22.0 Å². The summed E-state index contributed by atoms with van der Waals surface area (Å²) in [6.45, 7) is 0. The van der Waals surface area contributed by atoms with Gasteiger partial charge in [0.15, 0.2) is 5.11 Å². The molecule has 2 aromatic rings. The van der Waals surface area contributed by atoms with Crippen molar-refractivity contribution in [1.29, 1.82) is 0 Å². The van der Waals surface area contributed by atoms with Crippen LogP contribution in [0.4, 0.5) is 5.69 Å². The van der Waals surface area contributed by atoms with Crippen molar-refractivity contribution in [1.82, 2.24) is 5.32 Å². The second-order valence-corrected chi connectivity index (χ2v) is 6.50. The quantitative estimate of drug-likeness (QED) is 0.521. The third-order valence-electron chi connectivity index (χ3n) is 2.42. The Balaban J connectivity index is 1.97. The van der Waals surface area contributed by atoms with Crippen LogP contribution in [0.2, 0.25) is 0 Å². The number of halogens is 2. The lowest BCUT2D eigenvalue weighted by atomic mass is 10.2. The van der Waals surface area contributed by atoms with Gasteiger partial charge in [0.05, 0.1) is 0 Å². The Morgan fingerprint density at radius 2 is 1.85 bits per heavy atom. The third kappa shape index (κ3) is 4.53. The first-order valence-corrected chi connectivity index (χ1v) is 7.96. The molecule has 0 fully saturated rings. The number of hydrogen-bond donors (Lipinski definition) is 2. The molecule has 2 aromatic carbocycles. The largest absolute Gasteiger partial charge is 0.332 e. The molecule has 0 unspecified atom stereocenters. The van der Waals surface area contributed by atoms with E-state index < -0.39 is 0 Å². The molecule has 0 saturated carbocycles. The number of benzene rings is 2. The molecule has 0 aliphatic carbocycles. The van der Waals surface area contributed by atoms with E-state index in [9.17, 15) is 4.79 Å². The highest BCUT2D eigenvalue weighted by molar-refractivity contribution is 14.1. The van der Waals surface area contributed by atoms with Gasteiger partial charge in [-0.2, -0.15) is 0 Å². The van der Waals surface area contributed by atoms with Crippen LogP contribution in [-0.2, 0) is 0 Å². The Morgan fingerprint density at radius 3 is 2.50 bits per heavy atom. The number of carbonyl (C=O) groups is 1. The molecule has 20 heavy (non-hydrogen) atoms. The van der Waals surface area contributed by atoms with Gasteiger partial charge < -0.3 is 5.32 Å². The molecule has 3 nitrogen and oxygen atoms in total. The van der Waals surface area contributed by atoms with Crippen LogP contribution in [0.15, 0.2) is 53.0 Å². The van der Waals surface area contributed by atoms with E-state index in [2.05, 4.69) is 49.2 Å². The second-order valence-electron chi connectivity index (χ2n) is 3.93. The molecule has 0 atom stereocenters. The van der Waals surface area contributed by atoms with Crippen molar-refractivity contribution >= 4 is 67.4 Å². The highest BCUT2D eigenvalue weighted by Gasteiger charge is 2.08. The van der Waals surface area contributed by atoms with E-state index in [1.54, 1.807) is 18.2 Å². The molecular formula is C14H10BrIN2OS. The van der Waals surface area contributed by atoms with Crippen molar-refractivity contribution in [2.45, 2.75) is 0 Å². The maximum Gasteiger partial charge on any atom is 0.257 e. The molecule has 2 N–H and O–H groups in total. The summed E-state index contributed by atoms with van der Waals surface area (Å²) in [5, 5.41) is 5.89. The van der Waals surface area contributed by atoms with Crippen LogP contribution < -0.4 is 10.6 Å². The van der Waals surface area contributed by atoms with E-state index in [-0.39, 0.29) is 11.0 Å². The number of anilines is 1. The van der Waals surface area contributed by atoms with Crippen LogP contribution in [0.3, 0.4) is 0 Å². The average molecular weight is 461 g/mol. The predicted molar refractivity (Wildman–Crippen MR) is 97.0 cm³/mol. The molecule has 2 rings (SSSR count). The summed E-state index contributed by atoms with van der Waals surface area (Å²) in [5.74, 6) is -0.241. The van der Waals surface area contributed by atoms with Gasteiger partial charge in [-0.05, 0) is 77.3 Å². The Kier molecular flexibility index (Phi) is 5.50. The summed E-state index contributed by atoms with van der Waals surface area (Å²) in [5.41, 5.74) is 1.39. The maximum absolute atomic E-state index is 12.0. The van der Waals surface area contributed by atoms with Crippen molar-refractivity contribution in [2.24, 2.45) is 0 Å². The molecule has 6 heteroatoms. The number of nitrogens with one attached hydrogen (secondary N) is 2. The Labute approximate surface area is 144 Å². The summed E-state index contributed by atoms with van der Waals surface area (Å²) in [6, 6.07) is 14.9. The lowest BCUT2D eigenvalue weighted by molar-refractivity contribution is 0.0977. The Bertz CT molecular complexity index is 646. The van der Waals surface area contributed by atoms with Crippen LogP contribution in [0.25, 0.3) is 0 Å². The zero-order chi connectivity index (χ0) is 14.5. The van der Waals surface area contributed by atoms with Gasteiger partial charge in [-0.25, -0.2) is 0 Å². The van der Waals surface area contributed by atoms with Gasteiger partial charge in [0.1, 0.15) is 0 Å². The van der Waals surface area contributed by atoms with Crippen LogP contribution in [0.5, 0.6) is 0 Å². The van der Waals surface area contributed by atoms with Crippen molar-refractivity contribution in [3.05, 3.63) is 62.1 Å². The van der Waals surface area contributed by atoms with E-state index in [4.69, 9.17) is 12.2 Å². The topological polar surface area (TPSA) is 41.1 Å². The normalized spacial score (nSPS) is 9.90. The van der Waals surface area contributed by atoms with Gasteiger partial charge in [0.25, 0.3) is 5.91 Å². The number of hydrogen-bond acceptors (Lipinski definition) is 2. The summed E-state index contributed by atoms with van der Waals surface area (Å²) in [6.07, 6.45) is 0. The molecule has 1 amide bonds. The number of carbonyl (C=O) groups excluding carboxylic acids is 1. The van der Waals surface area contributed by atoms with E-state index in [0.717, 1.165) is 13.7 Å². The summed E-state index contributed by atoms with van der Waals surface area (Å²) < 4.78 is 1.99. The maximum atomic E-state index is 12.0. The minimum Gasteiger partial charge on any atom is -0.332 e. The minimum absolute atomic E-state index is 0.241. The molecule has 0 aliphatic heterocycles. The van der Waals surface area contributed by atoms with Gasteiger partial charge in [-0.3, -0.25) is 10.1 Å². The highest BCUT2D eigenvalue weighted by atomic mass is 127. The van der Waals surface area contributed by atoms with Crippen molar-refractivity contribution < 1.29 is 4.79 Å². The lowest BCUT2D eigenvalue weighted by Crippen LogP contribution is -2.34. The fraction of sp³-hybridized carbons (Fsp3) is 0. The minimum atomic E-state index is -0.241. The van der Waals surface area contributed by atoms with E-state index in [1.807, 2.05) is 30.3 Å². The molecule has 0 heterocycles. The summed E-state index contributed by atoms with van der Waals surface area (Å²) in [4.78, 5) is 12.0. The van der Waals surface area contributed by atoms with Gasteiger partial charge >= 0.3 is 0 Å². The molecule has 0 radical (unpaired) electrons. The number of rotatable bonds is 2. The molecule has 0 aromatic heterocycles. The molecule has 0 spiro atoms. The first kappa shape index (κ1) is 15.4. The van der Waals surface area contributed by atoms with E-state index in [1.165, 1.54) is 0 Å². The first-order chi connectivity index (χ1) is 9.54. The van der Waals surface area contributed by atoms with Crippen LogP contribution in [-0.4, -0.2) is 11.0 Å². The van der Waals surface area contributed by atoms with Gasteiger partial charge in [-0.15, -0.1) is 0 Å².